The molecular weight excluding hydrogens is 286 g/mol. The van der Waals surface area contributed by atoms with Gasteiger partial charge in [-0.3, -0.25) is 14.4 Å². The summed E-state index contributed by atoms with van der Waals surface area (Å²) in [6.07, 6.45) is 0. The predicted molar refractivity (Wildman–Crippen MR) is 79.0 cm³/mol. The van der Waals surface area contributed by atoms with Gasteiger partial charge in [0.05, 0.1) is 18.4 Å². The first-order valence-electron chi connectivity index (χ1n) is 6.82. The van der Waals surface area contributed by atoms with Gasteiger partial charge < -0.3 is 14.8 Å². The monoisotopic (exact) mass is 303 g/mol. The van der Waals surface area contributed by atoms with Gasteiger partial charge in [-0.2, -0.15) is 0 Å². The largest absolute Gasteiger partial charge is 0.496 e. The Balaban J connectivity index is 2.28. The Morgan fingerprint density at radius 1 is 1.23 bits per heavy atom. The van der Waals surface area contributed by atoms with E-state index in [1.165, 1.54) is 14.0 Å². The number of fused-ring (bicyclic) bond motifs is 1. The molecule has 0 radical (unpaired) electrons. The molecule has 1 aliphatic carbocycles. The lowest BCUT2D eigenvalue weighted by Crippen LogP contribution is -2.32. The number of ketones is 2. The highest BCUT2D eigenvalue weighted by Gasteiger charge is 2.32. The molecule has 0 aliphatic heterocycles. The number of rotatable bonds is 5. The smallest absolute Gasteiger partial charge is 0.302 e. The number of nitrogens with one attached hydrogen (secondary N) is 1. The minimum Gasteiger partial charge on any atom is -0.496 e. The van der Waals surface area contributed by atoms with E-state index in [4.69, 9.17) is 9.47 Å². The van der Waals surface area contributed by atoms with E-state index in [2.05, 4.69) is 5.32 Å². The average Bonchev–Trinajstić information content (AvgIpc) is 2.50. The van der Waals surface area contributed by atoms with Gasteiger partial charge in [0.1, 0.15) is 12.4 Å². The van der Waals surface area contributed by atoms with Crippen molar-refractivity contribution in [3.8, 4) is 5.75 Å². The molecule has 1 N–H and O–H groups in total. The maximum Gasteiger partial charge on any atom is 0.302 e. The predicted octanol–water partition coefficient (Wildman–Crippen LogP) is 1.50. The van der Waals surface area contributed by atoms with Crippen LogP contribution in [0.2, 0.25) is 0 Å². The quantitative estimate of drug-likeness (QED) is 0.656. The summed E-state index contributed by atoms with van der Waals surface area (Å²) in [6.45, 7) is 3.26. The van der Waals surface area contributed by atoms with Crippen LogP contribution < -0.4 is 10.1 Å². The summed E-state index contributed by atoms with van der Waals surface area (Å²) in [4.78, 5) is 35.7. The third-order valence-corrected chi connectivity index (χ3v) is 3.37. The number of allylic oxidation sites excluding steroid dienone is 2. The van der Waals surface area contributed by atoms with E-state index >= 15 is 0 Å². The van der Waals surface area contributed by atoms with Gasteiger partial charge in [0.15, 0.2) is 5.78 Å². The number of Topliss-reactive ketones (excluding diaryl/α,β-unsaturated/α-hetero) is 2. The number of methoxy groups -OCH3 is 1. The first-order valence-corrected chi connectivity index (χ1v) is 6.82. The van der Waals surface area contributed by atoms with E-state index in [1.807, 2.05) is 0 Å². The SMILES string of the molecule is COc1cccc2c1C(=O)C(NCCOC(C)=O)=C(C)C2=O. The molecule has 6 nitrogen and oxygen atoms in total. The molecule has 1 aliphatic rings. The number of esters is 1. The van der Waals surface area contributed by atoms with Gasteiger partial charge in [0, 0.05) is 24.6 Å². The first kappa shape index (κ1) is 15.8. The summed E-state index contributed by atoms with van der Waals surface area (Å²) < 4.78 is 9.98. The maximum absolute atomic E-state index is 12.6. The molecule has 0 aromatic heterocycles. The molecule has 116 valence electrons. The van der Waals surface area contributed by atoms with Crippen LogP contribution in [0.3, 0.4) is 0 Å². The van der Waals surface area contributed by atoms with Crippen molar-refractivity contribution in [1.29, 1.82) is 0 Å². The van der Waals surface area contributed by atoms with Crippen LogP contribution in [0.4, 0.5) is 0 Å². The van der Waals surface area contributed by atoms with Crippen LogP contribution in [0, 0.1) is 0 Å². The van der Waals surface area contributed by atoms with Crippen LogP contribution in [0.25, 0.3) is 0 Å². The maximum atomic E-state index is 12.6. The summed E-state index contributed by atoms with van der Waals surface area (Å²) in [5.41, 5.74) is 1.16. The van der Waals surface area contributed by atoms with Crippen LogP contribution in [0.1, 0.15) is 34.6 Å². The highest BCUT2D eigenvalue weighted by Crippen LogP contribution is 2.31. The van der Waals surface area contributed by atoms with E-state index in [1.54, 1.807) is 25.1 Å². The number of carbonyl (C=O) groups is 3. The van der Waals surface area contributed by atoms with Crippen LogP contribution in [-0.2, 0) is 9.53 Å². The average molecular weight is 303 g/mol. The van der Waals surface area contributed by atoms with E-state index in [9.17, 15) is 14.4 Å². The molecule has 0 saturated heterocycles. The first-order chi connectivity index (χ1) is 10.5. The summed E-state index contributed by atoms with van der Waals surface area (Å²) in [6, 6.07) is 4.92. The molecular formula is C16H17NO5. The zero-order valence-corrected chi connectivity index (χ0v) is 12.7. The summed E-state index contributed by atoms with van der Waals surface area (Å²) in [5.74, 6) is -0.552. The fourth-order valence-corrected chi connectivity index (χ4v) is 2.32. The minimum absolute atomic E-state index is 0.117. The van der Waals surface area contributed by atoms with Crippen molar-refractivity contribution in [2.24, 2.45) is 0 Å². The summed E-state index contributed by atoms with van der Waals surface area (Å²) in [5, 5.41) is 2.88. The van der Waals surface area contributed by atoms with Crippen molar-refractivity contribution in [3.05, 3.63) is 40.6 Å². The zero-order chi connectivity index (χ0) is 16.3. The number of carbonyl (C=O) groups excluding carboxylic acids is 3. The fourth-order valence-electron chi connectivity index (χ4n) is 2.32. The van der Waals surface area contributed by atoms with Gasteiger partial charge in [-0.05, 0) is 13.0 Å². The third-order valence-electron chi connectivity index (χ3n) is 3.37. The Kier molecular flexibility index (Phi) is 4.60. The van der Waals surface area contributed by atoms with Crippen molar-refractivity contribution in [2.45, 2.75) is 13.8 Å². The molecule has 0 saturated carbocycles. The Hall–Kier alpha value is -2.63. The van der Waals surface area contributed by atoms with Gasteiger partial charge in [0.25, 0.3) is 0 Å². The van der Waals surface area contributed by atoms with Gasteiger partial charge >= 0.3 is 5.97 Å². The lowest BCUT2D eigenvalue weighted by molar-refractivity contribution is -0.140. The van der Waals surface area contributed by atoms with Gasteiger partial charge in [-0.1, -0.05) is 12.1 Å². The van der Waals surface area contributed by atoms with E-state index < -0.39 is 5.97 Å². The summed E-state index contributed by atoms with van der Waals surface area (Å²) in [7, 11) is 1.45. The van der Waals surface area contributed by atoms with Crippen molar-refractivity contribution >= 4 is 17.5 Å². The van der Waals surface area contributed by atoms with E-state index in [0.29, 0.717) is 16.9 Å². The molecule has 1 aromatic carbocycles. The molecule has 22 heavy (non-hydrogen) atoms. The standard InChI is InChI=1S/C16H17NO5/c1-9-14(17-7-8-22-10(2)18)16(20)13-11(15(9)19)5-4-6-12(13)21-3/h4-6,17H,7-8H2,1-3H3. The fraction of sp³-hybridized carbons (Fsp3) is 0.312. The molecule has 6 heteroatoms. The van der Waals surface area contributed by atoms with Gasteiger partial charge in [-0.25, -0.2) is 0 Å². The lowest BCUT2D eigenvalue weighted by Gasteiger charge is -2.21. The zero-order valence-electron chi connectivity index (χ0n) is 12.7. The van der Waals surface area contributed by atoms with E-state index in [-0.39, 0.29) is 36.0 Å². The van der Waals surface area contributed by atoms with Crippen molar-refractivity contribution in [3.63, 3.8) is 0 Å². The Bertz CT molecular complexity index is 675. The second kappa shape index (κ2) is 6.43. The van der Waals surface area contributed by atoms with Crippen LogP contribution in [0.15, 0.2) is 29.5 Å². The normalized spacial score (nSPS) is 13.8. The van der Waals surface area contributed by atoms with Crippen molar-refractivity contribution in [2.75, 3.05) is 20.3 Å². The number of benzene rings is 1. The van der Waals surface area contributed by atoms with Crippen LogP contribution in [0.5, 0.6) is 5.75 Å². The Morgan fingerprint density at radius 2 is 1.95 bits per heavy atom. The highest BCUT2D eigenvalue weighted by atomic mass is 16.5. The summed E-state index contributed by atoms with van der Waals surface area (Å²) >= 11 is 0. The van der Waals surface area contributed by atoms with Crippen molar-refractivity contribution in [1.82, 2.24) is 5.32 Å². The van der Waals surface area contributed by atoms with Gasteiger partial charge in [0.2, 0.25) is 5.78 Å². The molecule has 2 rings (SSSR count). The molecule has 0 fully saturated rings. The molecule has 0 heterocycles. The number of hydrogen-bond acceptors (Lipinski definition) is 6. The highest BCUT2D eigenvalue weighted by molar-refractivity contribution is 6.27. The Morgan fingerprint density at radius 3 is 2.59 bits per heavy atom. The molecule has 0 bridgehead atoms. The molecule has 0 unspecified atom stereocenters. The molecule has 0 spiro atoms. The molecule has 0 amide bonds. The van der Waals surface area contributed by atoms with Gasteiger partial charge in [-0.15, -0.1) is 0 Å². The van der Waals surface area contributed by atoms with Crippen LogP contribution in [-0.4, -0.2) is 37.8 Å². The third kappa shape index (κ3) is 2.86. The lowest BCUT2D eigenvalue weighted by atomic mass is 9.87. The second-order valence-corrected chi connectivity index (χ2v) is 4.81. The van der Waals surface area contributed by atoms with E-state index in [0.717, 1.165) is 0 Å². The number of hydrogen-bond donors (Lipinski definition) is 1. The number of ether oxygens (including phenoxy) is 2. The van der Waals surface area contributed by atoms with Crippen LogP contribution >= 0.6 is 0 Å². The minimum atomic E-state index is -0.398. The Labute approximate surface area is 128 Å². The topological polar surface area (TPSA) is 81.7 Å². The molecule has 0 atom stereocenters. The molecule has 1 aromatic rings. The second-order valence-electron chi connectivity index (χ2n) is 4.81. The van der Waals surface area contributed by atoms with Crippen molar-refractivity contribution < 1.29 is 23.9 Å².